The van der Waals surface area contributed by atoms with Gasteiger partial charge < -0.3 is 50.1 Å². The third-order valence-electron chi connectivity index (χ3n) is 7.64. The summed E-state index contributed by atoms with van der Waals surface area (Å²) >= 11 is 0. The first-order valence-corrected chi connectivity index (χ1v) is 15.2. The van der Waals surface area contributed by atoms with Crippen molar-refractivity contribution < 1.29 is 48.6 Å². The molecule has 2 heterocycles. The fourth-order valence-electron chi connectivity index (χ4n) is 4.70. The molecule has 7 N–H and O–H groups in total. The van der Waals surface area contributed by atoms with Crippen LogP contribution in [-0.2, 0) is 25.4 Å². The lowest BCUT2D eigenvalue weighted by Crippen LogP contribution is -2.60. The number of aromatic nitrogens is 2. The van der Waals surface area contributed by atoms with Gasteiger partial charge in [-0.1, -0.05) is 19.9 Å². The number of aliphatic hydroxyl groups excluding tert-OH is 3. The summed E-state index contributed by atoms with van der Waals surface area (Å²) in [7, 11) is 0. The second kappa shape index (κ2) is 16.2. The number of H-pyrrole nitrogens is 1. The highest BCUT2D eigenvalue weighted by atomic mass is 16.7. The van der Waals surface area contributed by atoms with Crippen LogP contribution < -0.4 is 20.5 Å². The van der Waals surface area contributed by atoms with E-state index in [0.29, 0.717) is 26.1 Å². The van der Waals surface area contributed by atoms with Gasteiger partial charge in [0.05, 0.1) is 18.6 Å². The molecule has 1 aromatic carbocycles. The minimum absolute atomic E-state index is 0.0604. The van der Waals surface area contributed by atoms with Gasteiger partial charge in [0, 0.05) is 24.2 Å². The smallest absolute Gasteiger partial charge is 0.494 e. The van der Waals surface area contributed by atoms with Gasteiger partial charge >= 0.3 is 6.16 Å². The fraction of sp³-hybridized carbons (Fsp3) is 0.645. The molecule has 2 unspecified atom stereocenters. The van der Waals surface area contributed by atoms with Crippen molar-refractivity contribution >= 4 is 12.1 Å². The quantitative estimate of drug-likeness (QED) is 0.115. The summed E-state index contributed by atoms with van der Waals surface area (Å²) in [5.74, 6) is 0.610. The van der Waals surface area contributed by atoms with Crippen LogP contribution in [0.15, 0.2) is 18.2 Å². The maximum absolute atomic E-state index is 11.6. The van der Waals surface area contributed by atoms with Gasteiger partial charge in [-0.3, -0.25) is 9.89 Å². The number of nitrogens with two attached hydrogens (primary N) is 1. The van der Waals surface area contributed by atoms with Gasteiger partial charge in [0.25, 0.3) is 0 Å². The molecule has 1 saturated heterocycles. The largest absolute Gasteiger partial charge is 0.508 e. The highest BCUT2D eigenvalue weighted by Gasteiger charge is 2.46. The summed E-state index contributed by atoms with van der Waals surface area (Å²) in [4.78, 5) is 23.1. The van der Waals surface area contributed by atoms with Crippen LogP contribution in [0.4, 0.5) is 4.79 Å². The molecule has 1 aromatic heterocycles. The van der Waals surface area contributed by atoms with E-state index in [-0.39, 0.29) is 24.3 Å². The van der Waals surface area contributed by atoms with Crippen LogP contribution in [0.25, 0.3) is 0 Å². The van der Waals surface area contributed by atoms with Crippen LogP contribution >= 0.6 is 0 Å². The first-order valence-electron chi connectivity index (χ1n) is 15.2. The summed E-state index contributed by atoms with van der Waals surface area (Å²) in [6.45, 7) is 12.6. The average Bonchev–Trinajstić information content (AvgIpc) is 3.38. The van der Waals surface area contributed by atoms with Crippen molar-refractivity contribution in [1.82, 2.24) is 15.5 Å². The van der Waals surface area contributed by atoms with Crippen molar-refractivity contribution in [3.05, 3.63) is 40.6 Å². The average molecular weight is 637 g/mol. The van der Waals surface area contributed by atoms with Gasteiger partial charge in [-0.15, -0.1) is 5.10 Å². The topological polar surface area (TPSA) is 208 Å². The van der Waals surface area contributed by atoms with Crippen molar-refractivity contribution in [1.29, 1.82) is 0 Å². The van der Waals surface area contributed by atoms with Gasteiger partial charge in [0.15, 0.2) is 0 Å². The zero-order valence-corrected chi connectivity index (χ0v) is 26.9. The molecule has 0 saturated carbocycles. The molecule has 2 aromatic rings. The molecular weight excluding hydrogens is 588 g/mol. The number of carbonyl (C=O) groups is 2. The minimum atomic E-state index is -1.63. The predicted molar refractivity (Wildman–Crippen MR) is 163 cm³/mol. The molecule has 1 fully saturated rings. The van der Waals surface area contributed by atoms with Gasteiger partial charge in [0.1, 0.15) is 36.8 Å². The number of primary amides is 1. The minimum Gasteiger partial charge on any atom is -0.494 e. The standard InChI is InChI=1S/C31H48N4O10/c1-7-41-30(40)43-15-22-24(36)25(37)26(38)28(44-22)45-27-21(23(17(2)3)34-35-27)14-19-9-10-20(13-18(19)4)42-12-8-11-33-16-31(5,6)29(32)39/h9-10,13,17,22,24-26,28,33,36-38H,7-8,11-12,14-16H2,1-6H3,(H2,32,39)(H,34,35)/t22?,24-,25?,26+,28+/m1/s1. The number of aromatic amines is 1. The van der Waals surface area contributed by atoms with E-state index in [2.05, 4.69) is 15.5 Å². The third-order valence-corrected chi connectivity index (χ3v) is 7.64. The van der Waals surface area contributed by atoms with Gasteiger partial charge in [0.2, 0.25) is 18.1 Å². The molecule has 1 aliphatic rings. The molecule has 14 heteroatoms. The number of amides is 1. The Hall–Kier alpha value is -3.43. The van der Waals surface area contributed by atoms with Crippen molar-refractivity contribution in [2.75, 3.05) is 32.9 Å². The molecule has 252 valence electrons. The summed E-state index contributed by atoms with van der Waals surface area (Å²) in [6.07, 6.45) is -7.12. The highest BCUT2D eigenvalue weighted by molar-refractivity contribution is 5.80. The Labute approximate surface area is 263 Å². The maximum atomic E-state index is 11.6. The number of hydrogen-bond acceptors (Lipinski definition) is 12. The first-order chi connectivity index (χ1) is 21.2. The predicted octanol–water partition coefficient (Wildman–Crippen LogP) is 1.66. The van der Waals surface area contributed by atoms with Crippen molar-refractivity contribution in [3.63, 3.8) is 0 Å². The number of benzene rings is 1. The second-order valence-electron chi connectivity index (χ2n) is 12.1. The molecule has 45 heavy (non-hydrogen) atoms. The Bertz CT molecular complexity index is 1270. The van der Waals surface area contributed by atoms with Gasteiger partial charge in [-0.25, -0.2) is 4.79 Å². The molecule has 0 bridgehead atoms. The molecule has 1 aliphatic heterocycles. The van der Waals surface area contributed by atoms with Gasteiger partial charge in [-0.2, -0.15) is 0 Å². The number of aliphatic hydroxyl groups is 3. The Balaban J connectivity index is 1.65. The van der Waals surface area contributed by atoms with Crippen molar-refractivity contribution in [3.8, 4) is 11.6 Å². The number of ether oxygens (including phenoxy) is 5. The van der Waals surface area contributed by atoms with Crippen molar-refractivity contribution in [2.24, 2.45) is 11.1 Å². The van der Waals surface area contributed by atoms with Crippen LogP contribution in [0.1, 0.15) is 69.3 Å². The molecule has 0 spiro atoms. The molecule has 14 nitrogen and oxygen atoms in total. The van der Waals surface area contributed by atoms with E-state index in [4.69, 9.17) is 29.4 Å². The SMILES string of the molecule is CCOC(=O)OCC1O[C@@H](Oc2n[nH]c(C(C)C)c2Cc2ccc(OCCCNCC(C)(C)C(N)=O)cc2C)[C@@H](O)C(O)[C@@H]1O. The van der Waals surface area contributed by atoms with Crippen LogP contribution in [0, 0.1) is 12.3 Å². The summed E-state index contributed by atoms with van der Waals surface area (Å²) < 4.78 is 27.3. The summed E-state index contributed by atoms with van der Waals surface area (Å²) in [6, 6.07) is 5.81. The maximum Gasteiger partial charge on any atom is 0.508 e. The molecule has 0 radical (unpaired) electrons. The van der Waals surface area contributed by atoms with Crippen molar-refractivity contribution in [2.45, 2.75) is 91.0 Å². The Morgan fingerprint density at radius 1 is 1.16 bits per heavy atom. The monoisotopic (exact) mass is 636 g/mol. The zero-order chi connectivity index (χ0) is 33.3. The summed E-state index contributed by atoms with van der Waals surface area (Å²) in [5.41, 5.74) is 8.34. The van der Waals surface area contributed by atoms with E-state index in [1.807, 2.05) is 39.0 Å². The Morgan fingerprint density at radius 3 is 2.53 bits per heavy atom. The third kappa shape index (κ3) is 9.78. The number of carbonyl (C=O) groups excluding carboxylic acids is 2. The number of aryl methyl sites for hydroxylation is 1. The van der Waals surface area contributed by atoms with Crippen LogP contribution in [0.2, 0.25) is 0 Å². The van der Waals surface area contributed by atoms with E-state index >= 15 is 0 Å². The van der Waals surface area contributed by atoms with Crippen LogP contribution in [0.3, 0.4) is 0 Å². The molecule has 1 amide bonds. The number of rotatable bonds is 16. The van der Waals surface area contributed by atoms with Gasteiger partial charge in [-0.05, 0) is 69.8 Å². The van der Waals surface area contributed by atoms with E-state index < -0.39 is 48.9 Å². The zero-order valence-electron chi connectivity index (χ0n) is 26.9. The normalized spacial score (nSPS) is 21.9. The lowest BCUT2D eigenvalue weighted by molar-refractivity contribution is -0.278. The van der Waals surface area contributed by atoms with E-state index in [0.717, 1.165) is 34.6 Å². The lowest BCUT2D eigenvalue weighted by atomic mass is 9.93. The van der Waals surface area contributed by atoms with Crippen LogP contribution in [-0.4, -0.2) is 101 Å². The lowest BCUT2D eigenvalue weighted by Gasteiger charge is -2.39. The molecule has 0 aliphatic carbocycles. The number of hydrogen-bond donors (Lipinski definition) is 6. The fourth-order valence-corrected chi connectivity index (χ4v) is 4.70. The van der Waals surface area contributed by atoms with E-state index in [9.17, 15) is 24.9 Å². The molecule has 3 rings (SSSR count). The van der Waals surface area contributed by atoms with E-state index in [1.54, 1.807) is 20.8 Å². The second-order valence-corrected chi connectivity index (χ2v) is 12.1. The summed E-state index contributed by atoms with van der Waals surface area (Å²) in [5, 5.41) is 42.0. The number of nitrogens with zero attached hydrogens (tertiary/aromatic N) is 1. The van der Waals surface area contributed by atoms with Crippen LogP contribution in [0.5, 0.6) is 11.6 Å². The number of nitrogens with one attached hydrogen (secondary N) is 2. The van der Waals surface area contributed by atoms with E-state index in [1.165, 1.54) is 0 Å². The Kier molecular flexibility index (Phi) is 13.0. The first kappa shape index (κ1) is 36.0. The molecular formula is C31H48N4O10. The Morgan fingerprint density at radius 2 is 1.89 bits per heavy atom. The highest BCUT2D eigenvalue weighted by Crippen LogP contribution is 2.32. The molecule has 5 atom stereocenters.